The predicted molar refractivity (Wildman–Crippen MR) is 172 cm³/mol. The number of oxazole rings is 1. The van der Waals surface area contributed by atoms with Gasteiger partial charge in [-0.25, -0.2) is 9.83 Å². The van der Waals surface area contributed by atoms with Crippen LogP contribution >= 0.6 is 0 Å². The van der Waals surface area contributed by atoms with Gasteiger partial charge in [0.15, 0.2) is 11.3 Å². The first kappa shape index (κ1) is 23.9. The Kier molecular flexibility index (Phi) is 4.68. The topological polar surface area (TPSA) is 47.7 Å². The highest BCUT2D eigenvalue weighted by Gasteiger charge is 2.35. The highest BCUT2D eigenvalue weighted by atomic mass is 16.4. The Morgan fingerprint density at radius 1 is 0.721 bits per heavy atom. The summed E-state index contributed by atoms with van der Waals surface area (Å²) < 4.78 is 8.24. The standard InChI is InChI=1S/C38H24N4O/c1-38(2)29-20-24(16-18-26(29)27-19-17-25(39-3)21-30(27)38)22-12-14-23(15-13-22)34-36-35(28-8-4-5-9-31(28)40-34)41-37-42(36)32-10-6-7-11-33(32)43-37/h4-21H,1-2H3. The summed E-state index contributed by atoms with van der Waals surface area (Å²) in [5.41, 5.74) is 14.2. The number of pyridine rings is 1. The summed E-state index contributed by atoms with van der Waals surface area (Å²) in [5.74, 6) is 0.567. The number of hydrogen-bond donors (Lipinski definition) is 0. The van der Waals surface area contributed by atoms with Crippen LogP contribution in [-0.2, 0) is 5.41 Å². The molecule has 3 aromatic heterocycles. The molecule has 202 valence electrons. The quantitative estimate of drug-likeness (QED) is 0.201. The van der Waals surface area contributed by atoms with E-state index < -0.39 is 0 Å². The molecule has 0 fully saturated rings. The van der Waals surface area contributed by atoms with Crippen LogP contribution in [0.25, 0.3) is 77.2 Å². The maximum absolute atomic E-state index is 7.48. The van der Waals surface area contributed by atoms with E-state index in [1.807, 2.05) is 48.5 Å². The Labute approximate surface area is 247 Å². The molecule has 0 saturated heterocycles. The van der Waals surface area contributed by atoms with E-state index in [9.17, 15) is 0 Å². The smallest absolute Gasteiger partial charge is 0.307 e. The van der Waals surface area contributed by atoms with E-state index >= 15 is 0 Å². The summed E-state index contributed by atoms with van der Waals surface area (Å²) in [6.45, 7) is 12.0. The molecule has 0 radical (unpaired) electrons. The molecule has 43 heavy (non-hydrogen) atoms. The Morgan fingerprint density at radius 2 is 1.42 bits per heavy atom. The van der Waals surface area contributed by atoms with Crippen LogP contribution in [0.4, 0.5) is 5.69 Å². The molecule has 5 nitrogen and oxygen atoms in total. The summed E-state index contributed by atoms with van der Waals surface area (Å²) in [5, 5.41) is 1.01. The zero-order valence-corrected chi connectivity index (χ0v) is 23.6. The minimum absolute atomic E-state index is 0.178. The van der Waals surface area contributed by atoms with Crippen molar-refractivity contribution in [3.05, 3.63) is 132 Å². The molecule has 0 atom stereocenters. The molecule has 1 aliphatic rings. The van der Waals surface area contributed by atoms with Gasteiger partial charge in [0, 0.05) is 16.4 Å². The van der Waals surface area contributed by atoms with Gasteiger partial charge in [-0.3, -0.25) is 4.40 Å². The molecule has 0 N–H and O–H groups in total. The minimum Gasteiger partial charge on any atom is -0.423 e. The van der Waals surface area contributed by atoms with Crippen LogP contribution in [0.15, 0.2) is 114 Å². The summed E-state index contributed by atoms with van der Waals surface area (Å²) in [4.78, 5) is 13.8. The van der Waals surface area contributed by atoms with E-state index in [4.69, 9.17) is 21.0 Å². The lowest BCUT2D eigenvalue weighted by Crippen LogP contribution is -2.14. The molecule has 5 aromatic carbocycles. The number of para-hydroxylation sites is 3. The van der Waals surface area contributed by atoms with Crippen LogP contribution in [0.2, 0.25) is 0 Å². The molecule has 0 bridgehead atoms. The van der Waals surface area contributed by atoms with Crippen molar-refractivity contribution in [2.75, 3.05) is 0 Å². The maximum atomic E-state index is 7.48. The van der Waals surface area contributed by atoms with E-state index in [0.717, 1.165) is 49.9 Å². The number of imidazole rings is 1. The molecule has 3 heterocycles. The minimum atomic E-state index is -0.178. The summed E-state index contributed by atoms with van der Waals surface area (Å²) in [6, 6.07) is 37.6. The van der Waals surface area contributed by atoms with Gasteiger partial charge in [-0.2, -0.15) is 4.98 Å². The van der Waals surface area contributed by atoms with Gasteiger partial charge >= 0.3 is 5.84 Å². The number of benzene rings is 5. The van der Waals surface area contributed by atoms with Crippen molar-refractivity contribution in [1.29, 1.82) is 0 Å². The molecular weight excluding hydrogens is 528 g/mol. The Bertz CT molecular complexity index is 2480. The molecule has 0 spiro atoms. The fraction of sp³-hybridized carbons (Fsp3) is 0.0789. The number of nitrogens with zero attached hydrogens (tertiary/aromatic N) is 4. The summed E-state index contributed by atoms with van der Waals surface area (Å²) in [6.07, 6.45) is 0. The second kappa shape index (κ2) is 8.40. The van der Waals surface area contributed by atoms with Crippen LogP contribution in [0.5, 0.6) is 0 Å². The van der Waals surface area contributed by atoms with E-state index in [-0.39, 0.29) is 5.41 Å². The van der Waals surface area contributed by atoms with Crippen molar-refractivity contribution in [3.8, 4) is 33.5 Å². The Balaban J connectivity index is 1.20. The van der Waals surface area contributed by atoms with Crippen molar-refractivity contribution in [1.82, 2.24) is 14.4 Å². The van der Waals surface area contributed by atoms with Crippen molar-refractivity contribution in [2.45, 2.75) is 19.3 Å². The number of hydrogen-bond acceptors (Lipinski definition) is 3. The van der Waals surface area contributed by atoms with Gasteiger partial charge in [-0.05, 0) is 57.6 Å². The third-order valence-corrected chi connectivity index (χ3v) is 9.05. The first-order chi connectivity index (χ1) is 21.0. The average Bonchev–Trinajstić information content (AvgIpc) is 3.67. The van der Waals surface area contributed by atoms with Crippen LogP contribution in [0, 0.1) is 6.57 Å². The van der Waals surface area contributed by atoms with Gasteiger partial charge in [0.05, 0.1) is 23.3 Å². The van der Waals surface area contributed by atoms with Crippen molar-refractivity contribution >= 4 is 44.6 Å². The Hall–Kier alpha value is -5.73. The van der Waals surface area contributed by atoms with Crippen molar-refractivity contribution in [2.24, 2.45) is 0 Å². The number of aromatic nitrogens is 3. The van der Waals surface area contributed by atoms with Crippen LogP contribution in [0.3, 0.4) is 0 Å². The normalized spacial score (nSPS) is 13.5. The Morgan fingerprint density at radius 3 is 2.26 bits per heavy atom. The van der Waals surface area contributed by atoms with Gasteiger partial charge in [-0.1, -0.05) is 98.8 Å². The first-order valence-electron chi connectivity index (χ1n) is 14.4. The fourth-order valence-electron chi connectivity index (χ4n) is 6.87. The monoisotopic (exact) mass is 552 g/mol. The molecule has 0 aliphatic heterocycles. The molecule has 5 heteroatoms. The lowest BCUT2D eigenvalue weighted by molar-refractivity contribution is 0.643. The average molecular weight is 553 g/mol. The lowest BCUT2D eigenvalue weighted by Gasteiger charge is -2.22. The van der Waals surface area contributed by atoms with E-state index in [1.165, 1.54) is 27.8 Å². The lowest BCUT2D eigenvalue weighted by atomic mass is 9.81. The van der Waals surface area contributed by atoms with E-state index in [1.54, 1.807) is 0 Å². The van der Waals surface area contributed by atoms with Crippen LogP contribution in [0.1, 0.15) is 25.0 Å². The molecule has 8 aromatic rings. The third kappa shape index (κ3) is 3.26. The number of fused-ring (bicyclic) bond motifs is 10. The maximum Gasteiger partial charge on any atom is 0.307 e. The molecule has 1 aliphatic carbocycles. The van der Waals surface area contributed by atoms with Gasteiger partial charge < -0.3 is 4.42 Å². The van der Waals surface area contributed by atoms with Crippen LogP contribution in [-0.4, -0.2) is 14.4 Å². The highest BCUT2D eigenvalue weighted by molar-refractivity contribution is 6.10. The van der Waals surface area contributed by atoms with Crippen molar-refractivity contribution in [3.63, 3.8) is 0 Å². The van der Waals surface area contributed by atoms with E-state index in [2.05, 4.69) is 83.8 Å². The van der Waals surface area contributed by atoms with E-state index in [0.29, 0.717) is 11.5 Å². The third-order valence-electron chi connectivity index (χ3n) is 9.05. The summed E-state index contributed by atoms with van der Waals surface area (Å²) in [7, 11) is 0. The molecule has 0 amide bonds. The SMILES string of the molecule is [C-]#[N+]c1ccc2c(c1)C(C)(C)c1cc(-c3ccc(-c4nc5ccccc5c5nc6oc7ccccc7n6c45)cc3)ccc1-2. The zero-order valence-electron chi connectivity index (χ0n) is 23.6. The van der Waals surface area contributed by atoms with Gasteiger partial charge in [-0.15, -0.1) is 0 Å². The van der Waals surface area contributed by atoms with Gasteiger partial charge in [0.25, 0.3) is 0 Å². The van der Waals surface area contributed by atoms with Crippen LogP contribution < -0.4 is 0 Å². The zero-order chi connectivity index (χ0) is 28.9. The largest absolute Gasteiger partial charge is 0.423 e. The molecule has 9 rings (SSSR count). The first-order valence-corrected chi connectivity index (χ1v) is 14.4. The fourth-order valence-corrected chi connectivity index (χ4v) is 6.87. The molecule has 0 unspecified atom stereocenters. The van der Waals surface area contributed by atoms with Gasteiger partial charge in [0.1, 0.15) is 11.0 Å². The predicted octanol–water partition coefficient (Wildman–Crippen LogP) is 9.97. The number of rotatable bonds is 2. The van der Waals surface area contributed by atoms with Crippen molar-refractivity contribution < 1.29 is 4.42 Å². The summed E-state index contributed by atoms with van der Waals surface area (Å²) >= 11 is 0. The second-order valence-corrected chi connectivity index (χ2v) is 11.8. The van der Waals surface area contributed by atoms with Gasteiger partial charge in [0.2, 0.25) is 0 Å². The molecule has 0 saturated carbocycles. The second-order valence-electron chi connectivity index (χ2n) is 11.8. The highest BCUT2D eigenvalue weighted by Crippen LogP contribution is 2.50. The molecular formula is C38H24N4O.